The number of esters is 1. The van der Waals surface area contributed by atoms with Gasteiger partial charge in [-0.1, -0.05) is 103 Å². The summed E-state index contributed by atoms with van der Waals surface area (Å²) in [6.07, 6.45) is 22.8. The summed E-state index contributed by atoms with van der Waals surface area (Å²) in [6, 6.07) is 0. The Labute approximate surface area is 167 Å². The summed E-state index contributed by atoms with van der Waals surface area (Å²) < 4.78 is 4.68. The minimum absolute atomic E-state index is 0.385. The van der Waals surface area contributed by atoms with Gasteiger partial charge >= 0.3 is 5.97 Å². The van der Waals surface area contributed by atoms with Gasteiger partial charge in [0.2, 0.25) is 5.91 Å². The second-order valence-corrected chi connectivity index (χ2v) is 7.62. The molecule has 2 N–H and O–H groups in total. The number of carbonyl (C=O) groups excluding carboxylic acids is 2. The van der Waals surface area contributed by atoms with Crippen LogP contribution in [0.2, 0.25) is 0 Å². The van der Waals surface area contributed by atoms with Gasteiger partial charge in [-0.2, -0.15) is 0 Å². The largest absolute Gasteiger partial charge is 0.466 e. The minimum Gasteiger partial charge on any atom is -0.466 e. The van der Waals surface area contributed by atoms with Gasteiger partial charge in [-0.3, -0.25) is 4.79 Å². The smallest absolute Gasteiger partial charge is 0.333 e. The van der Waals surface area contributed by atoms with E-state index in [-0.39, 0.29) is 0 Å². The lowest BCUT2D eigenvalue weighted by atomic mass is 10.0. The molecular weight excluding hydrogens is 338 g/mol. The van der Waals surface area contributed by atoms with E-state index in [2.05, 4.69) is 11.7 Å². The van der Waals surface area contributed by atoms with Crippen LogP contribution in [0.3, 0.4) is 0 Å². The molecule has 0 radical (unpaired) electrons. The van der Waals surface area contributed by atoms with E-state index in [1.807, 2.05) is 0 Å². The van der Waals surface area contributed by atoms with Crippen LogP contribution in [0.1, 0.15) is 116 Å². The number of nitrogens with two attached hydrogens (primary N) is 1. The maximum atomic E-state index is 11.5. The molecule has 0 heterocycles. The minimum atomic E-state index is -0.591. The first-order valence-electron chi connectivity index (χ1n) is 11.2. The van der Waals surface area contributed by atoms with E-state index in [0.29, 0.717) is 12.0 Å². The second kappa shape index (κ2) is 19.4. The topological polar surface area (TPSA) is 69.4 Å². The van der Waals surface area contributed by atoms with Crippen molar-refractivity contribution in [3.63, 3.8) is 0 Å². The van der Waals surface area contributed by atoms with Gasteiger partial charge in [0, 0.05) is 11.6 Å². The third-order valence-electron chi connectivity index (χ3n) is 5.06. The number of hydrogen-bond donors (Lipinski definition) is 1. The van der Waals surface area contributed by atoms with Gasteiger partial charge in [-0.25, -0.2) is 4.79 Å². The molecule has 0 spiro atoms. The number of primary amides is 1. The average molecular weight is 382 g/mol. The predicted molar refractivity (Wildman–Crippen MR) is 113 cm³/mol. The zero-order valence-electron chi connectivity index (χ0n) is 17.9. The quantitative estimate of drug-likeness (QED) is 0.164. The molecule has 0 saturated heterocycles. The third-order valence-corrected chi connectivity index (χ3v) is 5.06. The molecule has 0 aromatic carbocycles. The Morgan fingerprint density at radius 1 is 0.704 bits per heavy atom. The monoisotopic (exact) mass is 381 g/mol. The molecule has 0 unspecified atom stereocenters. The highest BCUT2D eigenvalue weighted by Gasteiger charge is 2.10. The molecule has 0 aliphatic carbocycles. The Kier molecular flexibility index (Phi) is 18.5. The van der Waals surface area contributed by atoms with Gasteiger partial charge in [-0.15, -0.1) is 0 Å². The van der Waals surface area contributed by atoms with Crippen molar-refractivity contribution in [1.82, 2.24) is 0 Å². The summed E-state index contributed by atoms with van der Waals surface area (Å²) in [5.74, 6) is -1.04. The lowest BCUT2D eigenvalue weighted by Gasteiger charge is -2.05. The van der Waals surface area contributed by atoms with Gasteiger partial charge < -0.3 is 10.5 Å². The number of hydrogen-bond acceptors (Lipinski definition) is 3. The summed E-state index contributed by atoms with van der Waals surface area (Å²) in [7, 11) is 1.32. The molecule has 4 heteroatoms. The van der Waals surface area contributed by atoms with E-state index in [1.54, 1.807) is 0 Å². The SMILES string of the molecule is CCCCCCCCCCCCCCCCCC/C(=C/C(N)=O)C(=O)OC. The molecular formula is C23H43NO3. The highest BCUT2D eigenvalue weighted by atomic mass is 16.5. The Morgan fingerprint density at radius 2 is 1.07 bits per heavy atom. The molecule has 0 aliphatic heterocycles. The molecule has 0 fully saturated rings. The van der Waals surface area contributed by atoms with E-state index in [0.717, 1.165) is 12.8 Å². The number of ether oxygens (including phenoxy) is 1. The second-order valence-electron chi connectivity index (χ2n) is 7.62. The lowest BCUT2D eigenvalue weighted by Crippen LogP contribution is -2.12. The van der Waals surface area contributed by atoms with Crippen molar-refractivity contribution < 1.29 is 14.3 Å². The summed E-state index contributed by atoms with van der Waals surface area (Å²) in [4.78, 5) is 22.5. The molecule has 0 aromatic heterocycles. The number of amides is 1. The van der Waals surface area contributed by atoms with Crippen molar-refractivity contribution in [3.8, 4) is 0 Å². The highest BCUT2D eigenvalue weighted by molar-refractivity contribution is 5.97. The van der Waals surface area contributed by atoms with Crippen molar-refractivity contribution in [3.05, 3.63) is 11.6 Å². The van der Waals surface area contributed by atoms with Crippen LogP contribution in [0.5, 0.6) is 0 Å². The summed E-state index contributed by atoms with van der Waals surface area (Å²) >= 11 is 0. The molecule has 27 heavy (non-hydrogen) atoms. The van der Waals surface area contributed by atoms with Crippen LogP contribution < -0.4 is 5.73 Å². The van der Waals surface area contributed by atoms with Gasteiger partial charge in [0.15, 0.2) is 0 Å². The summed E-state index contributed by atoms with van der Waals surface area (Å²) in [6.45, 7) is 2.27. The highest BCUT2D eigenvalue weighted by Crippen LogP contribution is 2.15. The molecule has 158 valence electrons. The van der Waals surface area contributed by atoms with Crippen molar-refractivity contribution in [2.45, 2.75) is 116 Å². The molecule has 0 aliphatic rings. The number of rotatable bonds is 19. The number of carbonyl (C=O) groups is 2. The lowest BCUT2D eigenvalue weighted by molar-refractivity contribution is -0.136. The van der Waals surface area contributed by atoms with Crippen LogP contribution in [0.25, 0.3) is 0 Å². The molecule has 4 nitrogen and oxygen atoms in total. The van der Waals surface area contributed by atoms with Gasteiger partial charge in [0.1, 0.15) is 0 Å². The normalized spacial score (nSPS) is 11.6. The number of methoxy groups -OCH3 is 1. The van der Waals surface area contributed by atoms with Crippen molar-refractivity contribution >= 4 is 11.9 Å². The Bertz CT molecular complexity index is 404. The van der Waals surface area contributed by atoms with Gasteiger partial charge in [0.05, 0.1) is 7.11 Å². The van der Waals surface area contributed by atoms with Crippen LogP contribution in [-0.2, 0) is 14.3 Å². The van der Waals surface area contributed by atoms with Crippen LogP contribution >= 0.6 is 0 Å². The standard InChI is InChI=1S/C23H43NO3/c1-3-4-5-6-7-8-9-10-11-12-13-14-15-16-17-18-19-21(20-22(24)25)23(26)27-2/h20H,3-19H2,1-2H3,(H2,24,25)/b21-20-. The molecule has 1 amide bonds. The van der Waals surface area contributed by atoms with Crippen molar-refractivity contribution in [2.75, 3.05) is 7.11 Å². The summed E-state index contributed by atoms with van der Waals surface area (Å²) in [5, 5.41) is 0. The Hall–Kier alpha value is -1.32. The van der Waals surface area contributed by atoms with Crippen LogP contribution in [0, 0.1) is 0 Å². The van der Waals surface area contributed by atoms with E-state index < -0.39 is 11.9 Å². The average Bonchev–Trinajstić information content (AvgIpc) is 2.65. The molecule has 0 bridgehead atoms. The summed E-state index contributed by atoms with van der Waals surface area (Å²) in [5.41, 5.74) is 5.51. The van der Waals surface area contributed by atoms with E-state index in [9.17, 15) is 9.59 Å². The predicted octanol–water partition coefficient (Wildman–Crippen LogP) is 6.22. The van der Waals surface area contributed by atoms with Gasteiger partial charge in [0.25, 0.3) is 0 Å². The fraction of sp³-hybridized carbons (Fsp3) is 0.826. The van der Waals surface area contributed by atoms with Gasteiger partial charge in [-0.05, 0) is 12.8 Å². The maximum absolute atomic E-state index is 11.5. The van der Waals surface area contributed by atoms with E-state index in [1.165, 1.54) is 103 Å². The molecule has 0 saturated carbocycles. The first kappa shape index (κ1) is 25.7. The zero-order chi connectivity index (χ0) is 20.2. The fourth-order valence-electron chi connectivity index (χ4n) is 3.40. The number of unbranched alkanes of at least 4 members (excludes halogenated alkanes) is 15. The first-order chi connectivity index (χ1) is 13.1. The Balaban J connectivity index is 3.40. The van der Waals surface area contributed by atoms with Crippen LogP contribution in [0.15, 0.2) is 11.6 Å². The van der Waals surface area contributed by atoms with E-state index in [4.69, 9.17) is 5.73 Å². The van der Waals surface area contributed by atoms with Crippen molar-refractivity contribution in [1.29, 1.82) is 0 Å². The third kappa shape index (κ3) is 17.8. The zero-order valence-corrected chi connectivity index (χ0v) is 17.9. The fourth-order valence-corrected chi connectivity index (χ4v) is 3.40. The molecule has 0 aromatic rings. The maximum Gasteiger partial charge on any atom is 0.333 e. The van der Waals surface area contributed by atoms with Crippen LogP contribution in [-0.4, -0.2) is 19.0 Å². The van der Waals surface area contributed by atoms with Crippen LogP contribution in [0.4, 0.5) is 0 Å². The first-order valence-corrected chi connectivity index (χ1v) is 11.2. The van der Waals surface area contributed by atoms with Crippen molar-refractivity contribution in [2.24, 2.45) is 5.73 Å². The molecule has 0 rings (SSSR count). The molecule has 0 atom stereocenters. The Morgan fingerprint density at radius 3 is 1.41 bits per heavy atom. The van der Waals surface area contributed by atoms with E-state index >= 15 is 0 Å².